The molecule has 20 heavy (non-hydrogen) atoms. The number of carbonyl (C=O) groups excluding carboxylic acids is 1. The van der Waals surface area contributed by atoms with Crippen molar-refractivity contribution in [3.63, 3.8) is 0 Å². The summed E-state index contributed by atoms with van der Waals surface area (Å²) in [6.45, 7) is 8.58. The molecular weight excluding hydrogens is 260 g/mol. The maximum Gasteiger partial charge on any atom is 0.326 e. The number of nitrogens with one attached hydrogen (secondary N) is 2. The Morgan fingerprint density at radius 1 is 1.40 bits per heavy atom. The summed E-state index contributed by atoms with van der Waals surface area (Å²) in [4.78, 5) is 22.9. The smallest absolute Gasteiger partial charge is 0.326 e. The van der Waals surface area contributed by atoms with Gasteiger partial charge in [0.15, 0.2) is 0 Å². The molecule has 3 atom stereocenters. The molecule has 1 rings (SSSR count). The molecule has 2 amide bonds. The third-order valence-corrected chi connectivity index (χ3v) is 4.03. The summed E-state index contributed by atoms with van der Waals surface area (Å²) in [6.07, 6.45) is 2.04. The number of carboxylic acid groups (broad SMARTS) is 1. The third kappa shape index (κ3) is 3.85. The van der Waals surface area contributed by atoms with Gasteiger partial charge in [-0.15, -0.1) is 0 Å². The largest absolute Gasteiger partial charge is 0.480 e. The zero-order valence-electron chi connectivity index (χ0n) is 12.7. The summed E-state index contributed by atoms with van der Waals surface area (Å²) in [5.74, 6) is -0.998. The van der Waals surface area contributed by atoms with E-state index < -0.39 is 18.0 Å². The number of carbonyl (C=O) groups is 2. The van der Waals surface area contributed by atoms with Crippen LogP contribution in [-0.2, 0) is 9.53 Å². The average Bonchev–Trinajstić information content (AvgIpc) is 2.37. The van der Waals surface area contributed by atoms with Crippen molar-refractivity contribution in [3.05, 3.63) is 0 Å². The summed E-state index contributed by atoms with van der Waals surface area (Å²) < 4.78 is 5.60. The van der Waals surface area contributed by atoms with Crippen LogP contribution in [0.15, 0.2) is 0 Å². The van der Waals surface area contributed by atoms with Gasteiger partial charge in [-0.1, -0.05) is 27.2 Å². The number of urea groups is 1. The molecule has 6 heteroatoms. The Balaban J connectivity index is 2.45. The van der Waals surface area contributed by atoms with Crippen molar-refractivity contribution in [1.82, 2.24) is 10.6 Å². The van der Waals surface area contributed by atoms with Gasteiger partial charge in [-0.2, -0.15) is 0 Å². The molecule has 0 saturated heterocycles. The first kappa shape index (κ1) is 16.8. The van der Waals surface area contributed by atoms with E-state index in [0.29, 0.717) is 19.4 Å². The molecule has 0 spiro atoms. The quantitative estimate of drug-likeness (QED) is 0.665. The summed E-state index contributed by atoms with van der Waals surface area (Å²) >= 11 is 0. The van der Waals surface area contributed by atoms with Crippen LogP contribution < -0.4 is 10.6 Å². The minimum absolute atomic E-state index is 0.00937. The number of aliphatic carboxylic acids is 1. The lowest BCUT2D eigenvalue weighted by atomic mass is 9.64. The van der Waals surface area contributed by atoms with Gasteiger partial charge < -0.3 is 20.5 Å². The minimum atomic E-state index is -0.998. The molecule has 0 aromatic carbocycles. The summed E-state index contributed by atoms with van der Waals surface area (Å²) in [5, 5.41) is 14.4. The highest BCUT2D eigenvalue weighted by atomic mass is 16.5. The van der Waals surface area contributed by atoms with Crippen LogP contribution in [0.4, 0.5) is 4.79 Å². The van der Waals surface area contributed by atoms with Crippen molar-refractivity contribution in [2.45, 2.75) is 65.1 Å². The van der Waals surface area contributed by atoms with Gasteiger partial charge in [0.2, 0.25) is 0 Å². The third-order valence-electron chi connectivity index (χ3n) is 4.03. The van der Waals surface area contributed by atoms with Crippen LogP contribution in [0.5, 0.6) is 0 Å². The Labute approximate surface area is 120 Å². The fourth-order valence-corrected chi connectivity index (χ4v) is 2.52. The highest BCUT2D eigenvalue weighted by Gasteiger charge is 2.49. The molecule has 0 aromatic rings. The summed E-state index contributed by atoms with van der Waals surface area (Å²) in [6, 6.07) is -1.24. The van der Waals surface area contributed by atoms with Crippen LogP contribution in [0, 0.1) is 5.41 Å². The Bertz CT molecular complexity index is 357. The number of hydrogen-bond donors (Lipinski definition) is 3. The zero-order valence-corrected chi connectivity index (χ0v) is 12.7. The van der Waals surface area contributed by atoms with Crippen LogP contribution in [0.3, 0.4) is 0 Å². The van der Waals surface area contributed by atoms with Gasteiger partial charge in [0.25, 0.3) is 0 Å². The van der Waals surface area contributed by atoms with E-state index in [0.717, 1.165) is 6.42 Å². The lowest BCUT2D eigenvalue weighted by Gasteiger charge is -2.51. The molecule has 0 aliphatic heterocycles. The highest BCUT2D eigenvalue weighted by molar-refractivity contribution is 5.82. The Morgan fingerprint density at radius 2 is 2.05 bits per heavy atom. The van der Waals surface area contributed by atoms with Crippen LogP contribution in [0.2, 0.25) is 0 Å². The van der Waals surface area contributed by atoms with Gasteiger partial charge >= 0.3 is 12.0 Å². The second kappa shape index (κ2) is 6.92. The maximum absolute atomic E-state index is 11.9. The molecule has 1 aliphatic carbocycles. The predicted octanol–water partition coefficient (Wildman–Crippen LogP) is 1.74. The van der Waals surface area contributed by atoms with Gasteiger partial charge in [-0.05, 0) is 19.8 Å². The normalized spacial score (nSPS) is 25.4. The highest BCUT2D eigenvalue weighted by Crippen LogP contribution is 2.42. The Morgan fingerprint density at radius 3 is 2.50 bits per heavy atom. The molecule has 0 aromatic heterocycles. The second-order valence-corrected chi connectivity index (χ2v) is 5.85. The molecule has 2 unspecified atom stereocenters. The number of ether oxygens (including phenoxy) is 1. The fourth-order valence-electron chi connectivity index (χ4n) is 2.52. The van der Waals surface area contributed by atoms with Crippen molar-refractivity contribution in [1.29, 1.82) is 0 Å². The van der Waals surface area contributed by atoms with E-state index in [9.17, 15) is 9.59 Å². The SMILES string of the molecule is CCC[C@@H](NC(=O)NC1CC(OCC)C1(C)C)C(=O)O. The standard InChI is InChI=1S/C14H26N2O4/c1-5-7-9(12(17)18)15-13(19)16-10-8-11(20-6-2)14(10,3)4/h9-11H,5-8H2,1-4H3,(H,17,18)(H2,15,16,19)/t9-,10?,11?/m1/s1. The topological polar surface area (TPSA) is 87.7 Å². The predicted molar refractivity (Wildman–Crippen MR) is 75.6 cm³/mol. The molecule has 1 saturated carbocycles. The van der Waals surface area contributed by atoms with E-state index in [-0.39, 0.29) is 17.6 Å². The van der Waals surface area contributed by atoms with Crippen LogP contribution in [-0.4, -0.2) is 41.9 Å². The van der Waals surface area contributed by atoms with Gasteiger partial charge in [-0.25, -0.2) is 9.59 Å². The monoisotopic (exact) mass is 286 g/mol. The minimum Gasteiger partial charge on any atom is -0.480 e. The van der Waals surface area contributed by atoms with Crippen molar-refractivity contribution in [3.8, 4) is 0 Å². The average molecular weight is 286 g/mol. The zero-order chi connectivity index (χ0) is 15.3. The Hall–Kier alpha value is -1.30. The van der Waals surface area contributed by atoms with E-state index in [4.69, 9.17) is 9.84 Å². The number of amides is 2. The fraction of sp³-hybridized carbons (Fsp3) is 0.857. The number of hydrogen-bond acceptors (Lipinski definition) is 3. The first-order chi connectivity index (χ1) is 9.32. The van der Waals surface area contributed by atoms with Crippen molar-refractivity contribution < 1.29 is 19.4 Å². The lowest BCUT2D eigenvalue weighted by Crippen LogP contribution is -2.64. The van der Waals surface area contributed by atoms with Crippen molar-refractivity contribution >= 4 is 12.0 Å². The molecule has 0 radical (unpaired) electrons. The molecule has 6 nitrogen and oxygen atoms in total. The van der Waals surface area contributed by atoms with Gasteiger partial charge in [0.05, 0.1) is 6.10 Å². The van der Waals surface area contributed by atoms with Crippen molar-refractivity contribution in [2.24, 2.45) is 5.41 Å². The maximum atomic E-state index is 11.9. The lowest BCUT2D eigenvalue weighted by molar-refractivity contribution is -0.139. The molecule has 3 N–H and O–H groups in total. The van der Waals surface area contributed by atoms with Crippen LogP contribution >= 0.6 is 0 Å². The molecule has 0 bridgehead atoms. The Kier molecular flexibility index (Phi) is 5.80. The van der Waals surface area contributed by atoms with Crippen LogP contribution in [0.25, 0.3) is 0 Å². The molecule has 1 aliphatic rings. The summed E-state index contributed by atoms with van der Waals surface area (Å²) in [7, 11) is 0. The molecule has 116 valence electrons. The summed E-state index contributed by atoms with van der Waals surface area (Å²) in [5.41, 5.74) is -0.128. The number of rotatable bonds is 7. The van der Waals surface area contributed by atoms with Crippen LogP contribution in [0.1, 0.15) is 47.0 Å². The second-order valence-electron chi connectivity index (χ2n) is 5.85. The first-order valence-electron chi connectivity index (χ1n) is 7.24. The van der Waals surface area contributed by atoms with Gasteiger partial charge in [0.1, 0.15) is 6.04 Å². The van der Waals surface area contributed by atoms with Gasteiger partial charge in [-0.3, -0.25) is 0 Å². The van der Waals surface area contributed by atoms with E-state index in [1.165, 1.54) is 0 Å². The first-order valence-corrected chi connectivity index (χ1v) is 7.24. The molecule has 0 heterocycles. The van der Waals surface area contributed by atoms with E-state index in [1.54, 1.807) is 0 Å². The van der Waals surface area contributed by atoms with Crippen molar-refractivity contribution in [2.75, 3.05) is 6.61 Å². The van der Waals surface area contributed by atoms with E-state index >= 15 is 0 Å². The number of carboxylic acids is 1. The molecular formula is C14H26N2O4. The molecule has 1 fully saturated rings. The van der Waals surface area contributed by atoms with Gasteiger partial charge in [0, 0.05) is 18.1 Å². The van der Waals surface area contributed by atoms with E-state index in [2.05, 4.69) is 10.6 Å². The van der Waals surface area contributed by atoms with E-state index in [1.807, 2.05) is 27.7 Å².